The van der Waals surface area contributed by atoms with Gasteiger partial charge in [0.1, 0.15) is 11.6 Å². The summed E-state index contributed by atoms with van der Waals surface area (Å²) in [7, 11) is 2.98. The van der Waals surface area contributed by atoms with E-state index in [1.54, 1.807) is 19.2 Å². The highest BCUT2D eigenvalue weighted by molar-refractivity contribution is 5.99. The third-order valence-corrected chi connectivity index (χ3v) is 6.55. The lowest BCUT2D eigenvalue weighted by atomic mass is 9.95. The molecule has 35 heavy (non-hydrogen) atoms. The Morgan fingerprint density at radius 3 is 2.31 bits per heavy atom. The van der Waals surface area contributed by atoms with Crippen LogP contribution in [0.25, 0.3) is 38.9 Å². The summed E-state index contributed by atoms with van der Waals surface area (Å²) < 4.78 is 24.6. The molecule has 3 aromatic carbocycles. The summed E-state index contributed by atoms with van der Waals surface area (Å²) in [5.74, 6) is 0.414. The van der Waals surface area contributed by atoms with Crippen LogP contribution in [0.15, 0.2) is 78.4 Å². The van der Waals surface area contributed by atoms with E-state index in [9.17, 15) is 9.18 Å². The molecule has 1 aliphatic carbocycles. The minimum Gasteiger partial charge on any atom is -0.497 e. The highest BCUT2D eigenvalue weighted by Gasteiger charge is 2.30. The average Bonchev–Trinajstić information content (AvgIpc) is 3.73. The summed E-state index contributed by atoms with van der Waals surface area (Å²) in [5, 5.41) is 1.03. The third kappa shape index (κ3) is 4.54. The van der Waals surface area contributed by atoms with Crippen LogP contribution >= 0.6 is 0 Å². The number of carbonyl (C=O) groups excluding carboxylic acids is 1. The van der Waals surface area contributed by atoms with Gasteiger partial charge in [-0.25, -0.2) is 14.2 Å². The maximum absolute atomic E-state index is 14.4. The van der Waals surface area contributed by atoms with E-state index in [2.05, 4.69) is 12.1 Å². The van der Waals surface area contributed by atoms with Gasteiger partial charge in [-0.3, -0.25) is 0 Å². The number of allylic oxidation sites excluding steroid dienone is 1. The zero-order valence-electron chi connectivity index (χ0n) is 20.0. The first-order valence-corrected chi connectivity index (χ1v) is 11.6. The molecule has 176 valence electrons. The molecule has 4 nitrogen and oxygen atoms in total. The largest absolute Gasteiger partial charge is 0.497 e. The number of aromatic nitrogens is 1. The van der Waals surface area contributed by atoms with Gasteiger partial charge in [-0.05, 0) is 72.7 Å². The van der Waals surface area contributed by atoms with Gasteiger partial charge in [-0.2, -0.15) is 0 Å². The zero-order valence-corrected chi connectivity index (χ0v) is 20.0. The molecule has 0 N–H and O–H groups in total. The molecule has 0 bridgehead atoms. The lowest BCUT2D eigenvalue weighted by Crippen LogP contribution is -2.06. The molecule has 0 aliphatic heterocycles. The van der Waals surface area contributed by atoms with Gasteiger partial charge in [0.2, 0.25) is 0 Å². The molecule has 1 aliphatic rings. The molecule has 0 radical (unpaired) electrons. The van der Waals surface area contributed by atoms with Crippen LogP contribution in [0.3, 0.4) is 0 Å². The molecule has 1 fully saturated rings. The number of benzene rings is 3. The van der Waals surface area contributed by atoms with Crippen molar-refractivity contribution in [2.75, 3.05) is 14.2 Å². The van der Waals surface area contributed by atoms with E-state index in [-0.39, 0.29) is 11.8 Å². The molecular formula is C30H26FNO3. The van der Waals surface area contributed by atoms with Crippen LogP contribution in [0.4, 0.5) is 4.39 Å². The molecule has 1 heterocycles. The molecule has 5 heteroatoms. The smallest absolute Gasteiger partial charge is 0.333 e. The highest BCUT2D eigenvalue weighted by Crippen LogP contribution is 2.44. The van der Waals surface area contributed by atoms with Gasteiger partial charge in [0.15, 0.2) is 0 Å². The monoisotopic (exact) mass is 467 g/mol. The number of hydrogen-bond acceptors (Lipinski definition) is 4. The van der Waals surface area contributed by atoms with Crippen LogP contribution in [-0.2, 0) is 9.53 Å². The number of fused-ring (bicyclic) bond motifs is 1. The van der Waals surface area contributed by atoms with Gasteiger partial charge >= 0.3 is 5.97 Å². The van der Waals surface area contributed by atoms with E-state index in [0.717, 1.165) is 51.7 Å². The van der Waals surface area contributed by atoms with Gasteiger partial charge in [0.05, 0.1) is 25.4 Å². The Labute approximate surface area is 204 Å². The molecule has 0 amide bonds. The van der Waals surface area contributed by atoms with Crippen molar-refractivity contribution in [3.8, 4) is 28.1 Å². The summed E-state index contributed by atoms with van der Waals surface area (Å²) in [4.78, 5) is 17.1. The fourth-order valence-corrected chi connectivity index (χ4v) is 4.51. The quantitative estimate of drug-likeness (QED) is 0.225. The predicted molar refractivity (Wildman–Crippen MR) is 136 cm³/mol. The number of hydrogen-bond donors (Lipinski definition) is 0. The number of ether oxygens (including phenoxy) is 2. The molecule has 5 rings (SSSR count). The molecule has 1 saturated carbocycles. The summed E-state index contributed by atoms with van der Waals surface area (Å²) >= 11 is 0. The van der Waals surface area contributed by atoms with Gasteiger partial charge < -0.3 is 9.47 Å². The van der Waals surface area contributed by atoms with Crippen molar-refractivity contribution in [3.05, 3.63) is 89.8 Å². The minimum absolute atomic E-state index is 0.290. The number of halogens is 1. The van der Waals surface area contributed by atoms with Crippen molar-refractivity contribution in [2.45, 2.75) is 19.8 Å². The van der Waals surface area contributed by atoms with Gasteiger partial charge in [-0.1, -0.05) is 42.5 Å². The first-order chi connectivity index (χ1) is 17.0. The Morgan fingerprint density at radius 1 is 0.914 bits per heavy atom. The lowest BCUT2D eigenvalue weighted by molar-refractivity contribution is -0.135. The number of rotatable bonds is 6. The van der Waals surface area contributed by atoms with E-state index >= 15 is 0 Å². The first kappa shape index (κ1) is 22.8. The topological polar surface area (TPSA) is 48.4 Å². The molecular weight excluding hydrogens is 441 g/mol. The van der Waals surface area contributed by atoms with Gasteiger partial charge in [-0.15, -0.1) is 0 Å². The van der Waals surface area contributed by atoms with Crippen molar-refractivity contribution in [1.82, 2.24) is 4.98 Å². The van der Waals surface area contributed by atoms with Crippen molar-refractivity contribution in [1.29, 1.82) is 0 Å². The number of carbonyl (C=O) groups is 1. The van der Waals surface area contributed by atoms with Crippen LogP contribution in [0.5, 0.6) is 5.75 Å². The van der Waals surface area contributed by atoms with E-state index in [0.29, 0.717) is 22.8 Å². The number of esters is 1. The van der Waals surface area contributed by atoms with Crippen molar-refractivity contribution in [2.24, 2.45) is 5.92 Å². The van der Waals surface area contributed by atoms with Crippen LogP contribution in [0, 0.1) is 11.7 Å². The summed E-state index contributed by atoms with van der Waals surface area (Å²) in [6.07, 6.45) is 2.16. The molecule has 0 saturated heterocycles. The van der Waals surface area contributed by atoms with E-state index in [1.165, 1.54) is 13.2 Å². The standard InChI is InChI=1S/C30H26FNO3/c1-18(30(33)35-3)29(22-9-10-22)23-11-8-21-12-15-27(32-28(21)16-23)20-6-4-19(5-7-20)25-17-24(34-2)13-14-26(25)31/h4-8,11-17,22H,9-10H2,1-3H3/b29-18-. The number of methoxy groups -OCH3 is 2. The minimum atomic E-state index is -0.295. The molecule has 0 unspecified atom stereocenters. The Kier molecular flexibility index (Phi) is 6.08. The van der Waals surface area contributed by atoms with Crippen LogP contribution in [-0.4, -0.2) is 25.2 Å². The Morgan fingerprint density at radius 2 is 1.63 bits per heavy atom. The van der Waals surface area contributed by atoms with Crippen molar-refractivity contribution >= 4 is 22.4 Å². The second kappa shape index (κ2) is 9.34. The van der Waals surface area contributed by atoms with Crippen molar-refractivity contribution in [3.63, 3.8) is 0 Å². The normalized spacial score (nSPS) is 13.9. The summed E-state index contributed by atoms with van der Waals surface area (Å²) in [6, 6.07) is 22.6. The molecule has 0 spiro atoms. The van der Waals surface area contributed by atoms with Crippen LogP contribution < -0.4 is 4.74 Å². The Balaban J connectivity index is 1.51. The number of pyridine rings is 1. The van der Waals surface area contributed by atoms with Crippen LogP contribution in [0.2, 0.25) is 0 Å². The highest BCUT2D eigenvalue weighted by atomic mass is 19.1. The fourth-order valence-electron chi connectivity index (χ4n) is 4.51. The van der Waals surface area contributed by atoms with Gasteiger partial charge in [0.25, 0.3) is 0 Å². The van der Waals surface area contributed by atoms with Crippen LogP contribution in [0.1, 0.15) is 25.3 Å². The summed E-state index contributed by atoms with van der Waals surface area (Å²) in [5.41, 5.74) is 6.61. The second-order valence-electron chi connectivity index (χ2n) is 8.83. The van der Waals surface area contributed by atoms with Gasteiger partial charge in [0, 0.05) is 22.1 Å². The zero-order chi connectivity index (χ0) is 24.5. The number of nitrogens with zero attached hydrogens (tertiary/aromatic N) is 1. The molecule has 4 aromatic rings. The Bertz CT molecular complexity index is 1450. The SMILES string of the molecule is COC(=O)/C(C)=C(\c1ccc2ccc(-c3ccc(-c4cc(OC)ccc4F)cc3)nc2c1)C1CC1. The van der Waals surface area contributed by atoms with E-state index < -0.39 is 0 Å². The third-order valence-electron chi connectivity index (χ3n) is 6.55. The summed E-state index contributed by atoms with van der Waals surface area (Å²) in [6.45, 7) is 1.83. The maximum atomic E-state index is 14.4. The molecule has 0 atom stereocenters. The Hall–Kier alpha value is -3.99. The molecule has 1 aromatic heterocycles. The average molecular weight is 468 g/mol. The second-order valence-corrected chi connectivity index (χ2v) is 8.83. The van der Waals surface area contributed by atoms with E-state index in [1.807, 2.05) is 49.4 Å². The maximum Gasteiger partial charge on any atom is 0.333 e. The van der Waals surface area contributed by atoms with Crippen molar-refractivity contribution < 1.29 is 18.7 Å². The first-order valence-electron chi connectivity index (χ1n) is 11.6. The lowest BCUT2D eigenvalue weighted by Gasteiger charge is -2.12. The van der Waals surface area contributed by atoms with E-state index in [4.69, 9.17) is 14.5 Å². The predicted octanol–water partition coefficient (Wildman–Crippen LogP) is 7.07. The fraction of sp³-hybridized carbons (Fsp3) is 0.200.